The van der Waals surface area contributed by atoms with Gasteiger partial charge < -0.3 is 10.1 Å². The number of amides is 1. The summed E-state index contributed by atoms with van der Waals surface area (Å²) in [6.07, 6.45) is 2.10. The SMILES string of the molecule is O=C(COC(=O)/C=C/c1ccccc1[N+](=O)[O-])Nc1ccc(F)cc1F. The molecule has 2 rings (SSSR count). The number of halogens is 2. The lowest BCUT2D eigenvalue weighted by Gasteiger charge is -2.06. The minimum Gasteiger partial charge on any atom is -0.452 e. The maximum atomic E-state index is 13.4. The van der Waals surface area contributed by atoms with Gasteiger partial charge in [0.05, 0.1) is 16.2 Å². The van der Waals surface area contributed by atoms with Crippen LogP contribution in [0.4, 0.5) is 20.2 Å². The average Bonchev–Trinajstić information content (AvgIpc) is 2.60. The van der Waals surface area contributed by atoms with Gasteiger partial charge in [-0.15, -0.1) is 0 Å². The Balaban J connectivity index is 1.90. The number of nitrogens with one attached hydrogen (secondary N) is 1. The van der Waals surface area contributed by atoms with Gasteiger partial charge in [-0.05, 0) is 24.3 Å². The number of rotatable bonds is 6. The van der Waals surface area contributed by atoms with Crippen molar-refractivity contribution in [2.75, 3.05) is 11.9 Å². The molecule has 134 valence electrons. The van der Waals surface area contributed by atoms with Gasteiger partial charge >= 0.3 is 5.97 Å². The van der Waals surface area contributed by atoms with Crippen LogP contribution < -0.4 is 5.32 Å². The Labute approximate surface area is 146 Å². The number of para-hydroxylation sites is 1. The van der Waals surface area contributed by atoms with Gasteiger partial charge in [0.15, 0.2) is 6.61 Å². The average molecular weight is 362 g/mol. The second-order valence-electron chi connectivity index (χ2n) is 4.93. The van der Waals surface area contributed by atoms with Crippen molar-refractivity contribution >= 4 is 29.3 Å². The molecule has 7 nitrogen and oxygen atoms in total. The molecule has 0 unspecified atom stereocenters. The monoisotopic (exact) mass is 362 g/mol. The summed E-state index contributed by atoms with van der Waals surface area (Å²) in [5.41, 5.74) is -0.267. The quantitative estimate of drug-likeness (QED) is 0.369. The molecule has 0 aromatic heterocycles. The van der Waals surface area contributed by atoms with E-state index >= 15 is 0 Å². The first-order valence-corrected chi connectivity index (χ1v) is 7.20. The molecule has 0 aliphatic rings. The van der Waals surface area contributed by atoms with Gasteiger partial charge in [0.25, 0.3) is 11.6 Å². The van der Waals surface area contributed by atoms with E-state index in [1.165, 1.54) is 24.3 Å². The Morgan fingerprint density at radius 3 is 2.62 bits per heavy atom. The molecule has 2 aromatic carbocycles. The predicted molar refractivity (Wildman–Crippen MR) is 88.1 cm³/mol. The summed E-state index contributed by atoms with van der Waals surface area (Å²) < 4.78 is 30.8. The van der Waals surface area contributed by atoms with Crippen LogP contribution in [-0.2, 0) is 14.3 Å². The molecule has 0 saturated carbocycles. The Morgan fingerprint density at radius 1 is 1.19 bits per heavy atom. The van der Waals surface area contributed by atoms with E-state index in [0.29, 0.717) is 6.07 Å². The Bertz CT molecular complexity index is 883. The highest BCUT2D eigenvalue weighted by atomic mass is 19.1. The number of carbonyl (C=O) groups is 2. The Morgan fingerprint density at radius 2 is 1.92 bits per heavy atom. The molecule has 0 saturated heterocycles. The van der Waals surface area contributed by atoms with Gasteiger partial charge in [-0.25, -0.2) is 13.6 Å². The van der Waals surface area contributed by atoms with Crippen molar-refractivity contribution in [2.45, 2.75) is 0 Å². The van der Waals surface area contributed by atoms with E-state index in [9.17, 15) is 28.5 Å². The number of hydrogen-bond donors (Lipinski definition) is 1. The molecule has 1 amide bonds. The number of carbonyl (C=O) groups excluding carboxylic acids is 2. The molecule has 0 heterocycles. The van der Waals surface area contributed by atoms with Crippen molar-refractivity contribution in [2.24, 2.45) is 0 Å². The first-order chi connectivity index (χ1) is 12.4. The Kier molecular flexibility index (Phi) is 6.10. The van der Waals surface area contributed by atoms with Crippen LogP contribution in [0.5, 0.6) is 0 Å². The summed E-state index contributed by atoms with van der Waals surface area (Å²) in [6, 6.07) is 8.33. The second-order valence-corrected chi connectivity index (χ2v) is 4.93. The fourth-order valence-corrected chi connectivity index (χ4v) is 1.91. The van der Waals surface area contributed by atoms with E-state index in [4.69, 9.17) is 0 Å². The maximum absolute atomic E-state index is 13.4. The number of nitrogens with zero attached hydrogens (tertiary/aromatic N) is 1. The first kappa shape index (κ1) is 18.7. The van der Waals surface area contributed by atoms with Crippen molar-refractivity contribution in [3.8, 4) is 0 Å². The molecular formula is C17H12F2N2O5. The van der Waals surface area contributed by atoms with Crippen LogP contribution >= 0.6 is 0 Å². The van der Waals surface area contributed by atoms with E-state index in [1.807, 2.05) is 0 Å². The van der Waals surface area contributed by atoms with Crippen LogP contribution in [0.15, 0.2) is 48.5 Å². The van der Waals surface area contributed by atoms with Gasteiger partial charge in [-0.3, -0.25) is 14.9 Å². The standard InChI is InChI=1S/C17H12F2N2O5/c18-12-6-7-14(13(19)9-12)20-16(22)10-26-17(23)8-5-11-3-1-2-4-15(11)21(24)25/h1-9H,10H2,(H,20,22)/b8-5+. The van der Waals surface area contributed by atoms with E-state index in [2.05, 4.69) is 10.1 Å². The molecule has 0 radical (unpaired) electrons. The molecule has 0 fully saturated rings. The van der Waals surface area contributed by atoms with Crippen molar-refractivity contribution in [1.82, 2.24) is 0 Å². The zero-order valence-corrected chi connectivity index (χ0v) is 13.1. The third kappa shape index (κ3) is 5.20. The molecular weight excluding hydrogens is 350 g/mol. The lowest BCUT2D eigenvalue weighted by molar-refractivity contribution is -0.385. The number of hydrogen-bond acceptors (Lipinski definition) is 5. The lowest BCUT2D eigenvalue weighted by atomic mass is 10.1. The second kappa shape index (κ2) is 8.47. The molecule has 0 aliphatic heterocycles. The normalized spacial score (nSPS) is 10.5. The molecule has 1 N–H and O–H groups in total. The van der Waals surface area contributed by atoms with Crippen molar-refractivity contribution < 1.29 is 28.0 Å². The van der Waals surface area contributed by atoms with Crippen LogP contribution in [0.2, 0.25) is 0 Å². The van der Waals surface area contributed by atoms with Crippen LogP contribution in [0.25, 0.3) is 6.08 Å². The summed E-state index contributed by atoms with van der Waals surface area (Å²) >= 11 is 0. The minimum atomic E-state index is -0.971. The number of esters is 1. The fourth-order valence-electron chi connectivity index (χ4n) is 1.91. The van der Waals surface area contributed by atoms with E-state index in [0.717, 1.165) is 18.2 Å². The zero-order chi connectivity index (χ0) is 19.1. The summed E-state index contributed by atoms with van der Waals surface area (Å²) in [5, 5.41) is 13.0. The van der Waals surface area contributed by atoms with Crippen LogP contribution in [0.1, 0.15) is 5.56 Å². The molecule has 0 atom stereocenters. The highest BCUT2D eigenvalue weighted by molar-refractivity contribution is 5.94. The van der Waals surface area contributed by atoms with Crippen molar-refractivity contribution in [1.29, 1.82) is 0 Å². The van der Waals surface area contributed by atoms with Crippen LogP contribution in [0, 0.1) is 21.7 Å². The molecule has 2 aromatic rings. The molecule has 0 spiro atoms. The topological polar surface area (TPSA) is 98.5 Å². The van der Waals surface area contributed by atoms with Gasteiger partial charge in [-0.1, -0.05) is 12.1 Å². The highest BCUT2D eigenvalue weighted by Crippen LogP contribution is 2.19. The van der Waals surface area contributed by atoms with Crippen LogP contribution in [-0.4, -0.2) is 23.4 Å². The van der Waals surface area contributed by atoms with Gasteiger partial charge in [0.2, 0.25) is 0 Å². The summed E-state index contributed by atoms with van der Waals surface area (Å²) in [7, 11) is 0. The number of benzene rings is 2. The van der Waals surface area contributed by atoms with E-state index < -0.39 is 35.0 Å². The summed E-state index contributed by atoms with van der Waals surface area (Å²) in [4.78, 5) is 33.4. The Hall–Kier alpha value is -3.62. The van der Waals surface area contributed by atoms with E-state index in [-0.39, 0.29) is 16.9 Å². The summed E-state index contributed by atoms with van der Waals surface area (Å²) in [6.45, 7) is -0.711. The highest BCUT2D eigenvalue weighted by Gasteiger charge is 2.12. The fraction of sp³-hybridized carbons (Fsp3) is 0.0588. The molecule has 9 heteroatoms. The van der Waals surface area contributed by atoms with Gasteiger partial charge in [0.1, 0.15) is 11.6 Å². The largest absolute Gasteiger partial charge is 0.452 e. The molecule has 0 aliphatic carbocycles. The van der Waals surface area contributed by atoms with Crippen LogP contribution in [0.3, 0.4) is 0 Å². The third-order valence-electron chi connectivity index (χ3n) is 3.08. The lowest BCUT2D eigenvalue weighted by Crippen LogP contribution is -2.20. The van der Waals surface area contributed by atoms with Gasteiger partial charge in [-0.2, -0.15) is 0 Å². The molecule has 26 heavy (non-hydrogen) atoms. The van der Waals surface area contributed by atoms with Crippen molar-refractivity contribution in [3.05, 3.63) is 75.9 Å². The van der Waals surface area contributed by atoms with E-state index in [1.54, 1.807) is 6.07 Å². The minimum absolute atomic E-state index is 0.187. The number of ether oxygens (including phenoxy) is 1. The van der Waals surface area contributed by atoms with Gasteiger partial charge in [0, 0.05) is 18.2 Å². The zero-order valence-electron chi connectivity index (χ0n) is 13.1. The number of nitro groups is 1. The maximum Gasteiger partial charge on any atom is 0.331 e. The molecule has 0 bridgehead atoms. The first-order valence-electron chi connectivity index (χ1n) is 7.20. The van der Waals surface area contributed by atoms with Crippen molar-refractivity contribution in [3.63, 3.8) is 0 Å². The summed E-state index contributed by atoms with van der Waals surface area (Å²) in [5.74, 6) is -3.52. The smallest absolute Gasteiger partial charge is 0.331 e. The predicted octanol–water partition coefficient (Wildman–Crippen LogP) is 3.07. The number of nitro benzene ring substituents is 1. The number of anilines is 1. The third-order valence-corrected chi connectivity index (χ3v) is 3.08.